The SMILES string of the molecule is C=CC(=O)N1CCCC(Nc2nnc(C(N)=O)c(Nc3ccc(C4CCN(C5CCCC5)CC4)cc3)n2)C1. The van der Waals surface area contributed by atoms with Gasteiger partial charge < -0.3 is 26.2 Å². The molecule has 2 aromatic rings. The first kappa shape index (κ1) is 26.1. The first-order valence-corrected chi connectivity index (χ1v) is 13.8. The van der Waals surface area contributed by atoms with Gasteiger partial charge in [0.05, 0.1) is 0 Å². The number of rotatable bonds is 8. The third kappa shape index (κ3) is 6.12. The van der Waals surface area contributed by atoms with Crippen LogP contribution in [0.4, 0.5) is 17.5 Å². The molecule has 3 heterocycles. The highest BCUT2D eigenvalue weighted by Crippen LogP contribution is 2.33. The monoisotopic (exact) mass is 518 g/mol. The zero-order valence-corrected chi connectivity index (χ0v) is 21.9. The van der Waals surface area contributed by atoms with Crippen LogP contribution in [0.5, 0.6) is 0 Å². The van der Waals surface area contributed by atoms with Gasteiger partial charge >= 0.3 is 0 Å². The van der Waals surface area contributed by atoms with Gasteiger partial charge in [-0.1, -0.05) is 31.6 Å². The van der Waals surface area contributed by atoms with Crippen molar-refractivity contribution in [2.24, 2.45) is 5.73 Å². The van der Waals surface area contributed by atoms with E-state index < -0.39 is 5.91 Å². The van der Waals surface area contributed by atoms with Gasteiger partial charge in [-0.2, -0.15) is 4.98 Å². The molecule has 5 rings (SSSR count). The molecule has 3 fully saturated rings. The number of piperidine rings is 2. The summed E-state index contributed by atoms with van der Waals surface area (Å²) in [4.78, 5) is 33.0. The number of carbonyl (C=O) groups excluding carboxylic acids is 2. The second-order valence-electron chi connectivity index (χ2n) is 10.7. The van der Waals surface area contributed by atoms with Gasteiger partial charge in [-0.3, -0.25) is 9.59 Å². The Labute approximate surface area is 224 Å². The maximum absolute atomic E-state index is 12.0. The highest BCUT2D eigenvalue weighted by Gasteiger charge is 2.28. The van der Waals surface area contributed by atoms with E-state index in [1.807, 2.05) is 12.1 Å². The Morgan fingerprint density at radius 2 is 1.71 bits per heavy atom. The Morgan fingerprint density at radius 1 is 0.974 bits per heavy atom. The molecule has 4 N–H and O–H groups in total. The van der Waals surface area contributed by atoms with Crippen molar-refractivity contribution in [1.29, 1.82) is 0 Å². The molecule has 3 aliphatic rings. The number of amides is 2. The standard InChI is InChI=1S/C28H38N8O2/c1-2-24(37)36-15-5-6-22(18-36)31-28-32-27(25(26(29)38)33-34-28)30-21-11-9-19(10-12-21)20-13-16-35(17-14-20)23-7-3-4-8-23/h2,9-12,20,22-23H,1,3-8,13-18H2,(H2,29,38)(H2,30,31,32,34). The lowest BCUT2D eigenvalue weighted by Gasteiger charge is -2.36. The van der Waals surface area contributed by atoms with E-state index >= 15 is 0 Å². The minimum atomic E-state index is -0.704. The molecule has 2 amide bonds. The lowest BCUT2D eigenvalue weighted by molar-refractivity contribution is -0.127. The summed E-state index contributed by atoms with van der Waals surface area (Å²) in [5, 5.41) is 14.5. The normalized spacial score (nSPS) is 21.3. The lowest BCUT2D eigenvalue weighted by Crippen LogP contribution is -2.44. The molecule has 1 saturated carbocycles. The summed E-state index contributed by atoms with van der Waals surface area (Å²) in [6.07, 6.45) is 10.9. The molecule has 0 bridgehead atoms. The van der Waals surface area contributed by atoms with Crippen molar-refractivity contribution in [1.82, 2.24) is 25.0 Å². The van der Waals surface area contributed by atoms with Gasteiger partial charge in [-0.05, 0) is 81.3 Å². The first-order chi connectivity index (χ1) is 18.5. The molecule has 1 atom stereocenters. The highest BCUT2D eigenvalue weighted by molar-refractivity contribution is 5.96. The average molecular weight is 519 g/mol. The number of primary amides is 1. The fourth-order valence-corrected chi connectivity index (χ4v) is 6.09. The highest BCUT2D eigenvalue weighted by atomic mass is 16.2. The van der Waals surface area contributed by atoms with Gasteiger partial charge in [0.25, 0.3) is 5.91 Å². The van der Waals surface area contributed by atoms with Gasteiger partial charge in [0.15, 0.2) is 11.5 Å². The van der Waals surface area contributed by atoms with Crippen LogP contribution < -0.4 is 16.4 Å². The topological polar surface area (TPSA) is 129 Å². The van der Waals surface area contributed by atoms with Gasteiger partial charge in [-0.15, -0.1) is 10.2 Å². The Hall–Kier alpha value is -3.53. The second kappa shape index (κ2) is 11.9. The van der Waals surface area contributed by atoms with Gasteiger partial charge in [0.1, 0.15) is 0 Å². The van der Waals surface area contributed by atoms with E-state index in [2.05, 4.69) is 49.4 Å². The fourth-order valence-electron chi connectivity index (χ4n) is 6.09. The van der Waals surface area contributed by atoms with Crippen LogP contribution in [0.3, 0.4) is 0 Å². The number of nitrogens with one attached hydrogen (secondary N) is 2. The van der Waals surface area contributed by atoms with Crippen LogP contribution in [0.15, 0.2) is 36.9 Å². The Balaban J connectivity index is 1.23. The molecule has 0 spiro atoms. The van der Waals surface area contributed by atoms with Crippen LogP contribution in [0, 0.1) is 0 Å². The van der Waals surface area contributed by atoms with Crippen molar-refractivity contribution in [3.8, 4) is 0 Å². The number of likely N-dealkylation sites (tertiary alicyclic amines) is 2. The average Bonchev–Trinajstić information content (AvgIpc) is 3.49. The molecule has 0 radical (unpaired) electrons. The lowest BCUT2D eigenvalue weighted by atomic mass is 9.88. The van der Waals surface area contributed by atoms with Crippen LogP contribution in [0.25, 0.3) is 0 Å². The second-order valence-corrected chi connectivity index (χ2v) is 10.7. The van der Waals surface area contributed by atoms with E-state index in [9.17, 15) is 9.59 Å². The maximum atomic E-state index is 12.0. The van der Waals surface area contributed by atoms with Crippen molar-refractivity contribution in [3.63, 3.8) is 0 Å². The molecule has 10 heteroatoms. The largest absolute Gasteiger partial charge is 0.364 e. The zero-order valence-electron chi connectivity index (χ0n) is 21.9. The van der Waals surface area contributed by atoms with Gasteiger partial charge in [0, 0.05) is 30.9 Å². The third-order valence-corrected chi connectivity index (χ3v) is 8.18. The van der Waals surface area contributed by atoms with Crippen LogP contribution in [0.2, 0.25) is 0 Å². The number of benzene rings is 1. The van der Waals surface area contributed by atoms with Gasteiger partial charge in [0.2, 0.25) is 11.9 Å². The summed E-state index contributed by atoms with van der Waals surface area (Å²) in [5.74, 6) is 0.306. The zero-order chi connectivity index (χ0) is 26.5. The van der Waals surface area contributed by atoms with Crippen molar-refractivity contribution in [3.05, 3.63) is 48.2 Å². The molecule has 38 heavy (non-hydrogen) atoms. The third-order valence-electron chi connectivity index (χ3n) is 8.18. The first-order valence-electron chi connectivity index (χ1n) is 13.8. The Kier molecular flexibility index (Phi) is 8.17. The molecular formula is C28H38N8O2. The minimum Gasteiger partial charge on any atom is -0.364 e. The summed E-state index contributed by atoms with van der Waals surface area (Å²) in [7, 11) is 0. The number of anilines is 3. The summed E-state index contributed by atoms with van der Waals surface area (Å²) in [5.41, 5.74) is 7.67. The molecule has 1 aromatic heterocycles. The molecule has 1 aliphatic carbocycles. The smallest absolute Gasteiger partial charge is 0.273 e. The van der Waals surface area contributed by atoms with E-state index in [1.54, 1.807) is 4.90 Å². The van der Waals surface area contributed by atoms with Crippen LogP contribution in [-0.2, 0) is 4.79 Å². The number of carbonyl (C=O) groups is 2. The van der Waals surface area contributed by atoms with Crippen LogP contribution >= 0.6 is 0 Å². The number of nitrogens with zero attached hydrogens (tertiary/aromatic N) is 5. The quantitative estimate of drug-likeness (QED) is 0.453. The van der Waals surface area contributed by atoms with Crippen LogP contribution in [-0.4, -0.2) is 75.1 Å². The van der Waals surface area contributed by atoms with E-state index in [0.29, 0.717) is 19.0 Å². The van der Waals surface area contributed by atoms with Crippen LogP contribution in [0.1, 0.15) is 73.3 Å². The maximum Gasteiger partial charge on any atom is 0.273 e. The van der Waals surface area contributed by atoms with E-state index in [1.165, 1.54) is 63.3 Å². The summed E-state index contributed by atoms with van der Waals surface area (Å²) >= 11 is 0. The Morgan fingerprint density at radius 3 is 2.39 bits per heavy atom. The van der Waals surface area contributed by atoms with E-state index in [4.69, 9.17) is 5.73 Å². The number of aromatic nitrogens is 3. The minimum absolute atomic E-state index is 0.0222. The summed E-state index contributed by atoms with van der Waals surface area (Å²) in [6.45, 7) is 7.16. The molecule has 2 aliphatic heterocycles. The number of nitrogens with two attached hydrogens (primary N) is 1. The molecule has 1 aromatic carbocycles. The van der Waals surface area contributed by atoms with E-state index in [-0.39, 0.29) is 29.4 Å². The molecule has 1 unspecified atom stereocenters. The number of hydrogen-bond donors (Lipinski definition) is 3. The van der Waals surface area contributed by atoms with Crippen molar-refractivity contribution >= 4 is 29.3 Å². The van der Waals surface area contributed by atoms with Crippen molar-refractivity contribution in [2.75, 3.05) is 36.8 Å². The van der Waals surface area contributed by atoms with Crippen molar-refractivity contribution in [2.45, 2.75) is 69.4 Å². The predicted molar refractivity (Wildman–Crippen MR) is 147 cm³/mol. The van der Waals surface area contributed by atoms with Crippen molar-refractivity contribution < 1.29 is 9.59 Å². The Bertz CT molecular complexity index is 1140. The molecule has 2 saturated heterocycles. The predicted octanol–water partition coefficient (Wildman–Crippen LogP) is 3.43. The molecular weight excluding hydrogens is 480 g/mol. The van der Waals surface area contributed by atoms with Gasteiger partial charge in [-0.25, -0.2) is 0 Å². The molecule has 10 nitrogen and oxygen atoms in total. The molecule has 202 valence electrons. The summed E-state index contributed by atoms with van der Waals surface area (Å²) in [6, 6.07) is 9.11. The number of hydrogen-bond acceptors (Lipinski definition) is 8. The summed E-state index contributed by atoms with van der Waals surface area (Å²) < 4.78 is 0. The van der Waals surface area contributed by atoms with E-state index in [0.717, 1.165) is 24.6 Å². The fraction of sp³-hybridized carbons (Fsp3) is 0.536.